The Morgan fingerprint density at radius 1 is 1.18 bits per heavy atom. The summed E-state index contributed by atoms with van der Waals surface area (Å²) in [6.07, 6.45) is 1.84. The van der Waals surface area contributed by atoms with Gasteiger partial charge in [-0.25, -0.2) is 0 Å². The molecule has 34 heavy (non-hydrogen) atoms. The second-order valence-corrected chi connectivity index (χ2v) is 10.2. The maximum absolute atomic E-state index is 13.0. The van der Waals surface area contributed by atoms with Crippen molar-refractivity contribution in [2.24, 2.45) is 11.3 Å². The number of β-amino-alcohol motifs (C(OH)–C–C–N with tert-alkyl or cyclic N) is 1. The quantitative estimate of drug-likeness (QED) is 0.541. The molecule has 1 spiro atoms. The highest BCUT2D eigenvalue weighted by Gasteiger charge is 2.46. The monoisotopic (exact) mass is 469 g/mol. The Morgan fingerprint density at radius 2 is 1.94 bits per heavy atom. The molecule has 0 radical (unpaired) electrons. The van der Waals surface area contributed by atoms with E-state index in [9.17, 15) is 20.1 Å². The van der Waals surface area contributed by atoms with Crippen molar-refractivity contribution in [3.05, 3.63) is 48.3 Å². The second-order valence-electron chi connectivity index (χ2n) is 10.2. The fourth-order valence-corrected chi connectivity index (χ4v) is 5.17. The van der Waals surface area contributed by atoms with Crippen LogP contribution >= 0.6 is 0 Å². The summed E-state index contributed by atoms with van der Waals surface area (Å²) >= 11 is 0. The number of carbonyl (C=O) groups is 1. The van der Waals surface area contributed by atoms with E-state index in [1.807, 2.05) is 24.3 Å². The molecule has 8 heteroatoms. The summed E-state index contributed by atoms with van der Waals surface area (Å²) < 4.78 is 6.31. The van der Waals surface area contributed by atoms with Gasteiger partial charge in [0.25, 0.3) is 5.91 Å². The lowest BCUT2D eigenvalue weighted by Gasteiger charge is -2.37. The van der Waals surface area contributed by atoms with Crippen LogP contribution in [0.2, 0.25) is 0 Å². The van der Waals surface area contributed by atoms with E-state index in [0.717, 1.165) is 17.7 Å². The van der Waals surface area contributed by atoms with Crippen LogP contribution in [0.5, 0.6) is 5.75 Å². The van der Waals surface area contributed by atoms with E-state index in [1.165, 1.54) is 0 Å². The third-order valence-electron chi connectivity index (χ3n) is 6.63. The van der Waals surface area contributed by atoms with Crippen molar-refractivity contribution in [2.45, 2.75) is 45.0 Å². The van der Waals surface area contributed by atoms with Crippen molar-refractivity contribution in [3.63, 3.8) is 0 Å². The Bertz CT molecular complexity index is 974. The first kappa shape index (κ1) is 24.6. The van der Waals surface area contributed by atoms with Crippen LogP contribution in [0, 0.1) is 11.3 Å². The average molecular weight is 470 g/mol. The topological polar surface area (TPSA) is 115 Å². The van der Waals surface area contributed by atoms with E-state index in [4.69, 9.17) is 4.74 Å². The van der Waals surface area contributed by atoms with Gasteiger partial charge in [-0.3, -0.25) is 14.7 Å². The van der Waals surface area contributed by atoms with Gasteiger partial charge < -0.3 is 25.4 Å². The van der Waals surface area contributed by atoms with E-state index in [0.29, 0.717) is 43.2 Å². The number of fused-ring (bicyclic) bond motifs is 1. The zero-order valence-electron chi connectivity index (χ0n) is 19.9. The molecule has 2 aromatic rings. The minimum atomic E-state index is -0.827. The van der Waals surface area contributed by atoms with Crippen molar-refractivity contribution in [2.75, 3.05) is 32.8 Å². The van der Waals surface area contributed by atoms with Gasteiger partial charge in [0.2, 0.25) is 0 Å². The highest BCUT2D eigenvalue weighted by molar-refractivity contribution is 5.97. The average Bonchev–Trinajstić information content (AvgIpc) is 3.08. The fourth-order valence-electron chi connectivity index (χ4n) is 5.17. The van der Waals surface area contributed by atoms with E-state index in [-0.39, 0.29) is 19.1 Å². The molecule has 1 amide bonds. The molecule has 1 aliphatic heterocycles. The number of amides is 1. The summed E-state index contributed by atoms with van der Waals surface area (Å²) in [5, 5.41) is 34.3. The predicted molar refractivity (Wildman–Crippen MR) is 128 cm³/mol. The van der Waals surface area contributed by atoms with Crippen molar-refractivity contribution < 1.29 is 24.9 Å². The molecule has 1 aliphatic carbocycles. The number of pyridine rings is 1. The third-order valence-corrected chi connectivity index (χ3v) is 6.63. The van der Waals surface area contributed by atoms with E-state index < -0.39 is 23.7 Å². The number of carbonyl (C=O) groups excluding carboxylic acids is 1. The molecule has 4 rings (SSSR count). The Kier molecular flexibility index (Phi) is 7.52. The highest BCUT2D eigenvalue weighted by atomic mass is 16.5. The molecule has 4 N–H and O–H groups in total. The minimum Gasteiger partial charge on any atom is -0.492 e. The molecule has 0 bridgehead atoms. The van der Waals surface area contributed by atoms with Crippen LogP contribution in [-0.2, 0) is 0 Å². The van der Waals surface area contributed by atoms with Gasteiger partial charge in [-0.2, -0.15) is 0 Å². The molecular formula is C26H35N3O5. The number of nitrogens with one attached hydrogen (secondary N) is 1. The second kappa shape index (κ2) is 10.4. The summed E-state index contributed by atoms with van der Waals surface area (Å²) in [6.45, 7) is 6.30. The number of aliphatic hydroxyl groups excluding tert-OH is 3. The first-order valence-electron chi connectivity index (χ1n) is 12.0. The Morgan fingerprint density at radius 3 is 2.62 bits per heavy atom. The lowest BCUT2D eigenvalue weighted by molar-refractivity contribution is 0.0387. The molecule has 2 heterocycles. The number of hydrogen-bond donors (Lipinski definition) is 4. The van der Waals surface area contributed by atoms with Gasteiger partial charge in [-0.1, -0.05) is 26.0 Å². The number of aromatic nitrogens is 1. The summed E-state index contributed by atoms with van der Waals surface area (Å²) in [6, 6.07) is 9.19. The molecule has 8 nitrogen and oxygen atoms in total. The lowest BCUT2D eigenvalue weighted by Crippen LogP contribution is -2.47. The van der Waals surface area contributed by atoms with Gasteiger partial charge in [0.05, 0.1) is 30.5 Å². The predicted octanol–water partition coefficient (Wildman–Crippen LogP) is 1.69. The highest BCUT2D eigenvalue weighted by Crippen LogP contribution is 2.41. The van der Waals surface area contributed by atoms with E-state index >= 15 is 0 Å². The van der Waals surface area contributed by atoms with Crippen LogP contribution in [0.4, 0.5) is 0 Å². The van der Waals surface area contributed by atoms with Crippen molar-refractivity contribution >= 4 is 5.91 Å². The number of aliphatic hydroxyl groups is 3. The fraction of sp³-hybridized carbons (Fsp3) is 0.538. The van der Waals surface area contributed by atoms with Crippen LogP contribution < -0.4 is 10.1 Å². The van der Waals surface area contributed by atoms with Crippen LogP contribution in [0.1, 0.15) is 37.0 Å². The molecule has 1 aromatic carbocycles. The maximum atomic E-state index is 13.0. The van der Waals surface area contributed by atoms with Gasteiger partial charge in [0.15, 0.2) is 0 Å². The van der Waals surface area contributed by atoms with Crippen molar-refractivity contribution in [1.82, 2.24) is 15.2 Å². The summed E-state index contributed by atoms with van der Waals surface area (Å²) in [7, 11) is 0. The Hall–Kier alpha value is -2.52. The zero-order valence-corrected chi connectivity index (χ0v) is 19.9. The van der Waals surface area contributed by atoms with Crippen molar-refractivity contribution in [3.8, 4) is 16.9 Å². The number of nitrogens with zero attached hydrogens (tertiary/aromatic N) is 2. The van der Waals surface area contributed by atoms with Gasteiger partial charge in [0, 0.05) is 49.6 Å². The van der Waals surface area contributed by atoms with Crippen LogP contribution in [-0.4, -0.2) is 82.2 Å². The zero-order chi connectivity index (χ0) is 24.3. The lowest BCUT2D eigenvalue weighted by atomic mass is 9.85. The Labute approximate surface area is 200 Å². The third kappa shape index (κ3) is 5.75. The van der Waals surface area contributed by atoms with Gasteiger partial charge in [-0.15, -0.1) is 0 Å². The van der Waals surface area contributed by atoms with Crippen molar-refractivity contribution in [1.29, 1.82) is 0 Å². The number of benzene rings is 1. The van der Waals surface area contributed by atoms with E-state index in [2.05, 4.69) is 29.0 Å². The van der Waals surface area contributed by atoms with Gasteiger partial charge in [-0.05, 0) is 42.5 Å². The SMILES string of the molecule is CC(C)CN1C[C@@H](O)CNC(=O)c2ccc(-c3cccnc3)cc2OCC2(C[C@@H](O)[C@@H](O)C2)C1. The van der Waals surface area contributed by atoms with Gasteiger partial charge >= 0.3 is 0 Å². The smallest absolute Gasteiger partial charge is 0.255 e. The molecule has 4 atom stereocenters. The molecule has 1 unspecified atom stereocenters. The number of hydrogen-bond acceptors (Lipinski definition) is 7. The summed E-state index contributed by atoms with van der Waals surface area (Å²) in [5.41, 5.74) is 1.65. The van der Waals surface area contributed by atoms with Crippen LogP contribution in [0.3, 0.4) is 0 Å². The molecular weight excluding hydrogens is 434 g/mol. The van der Waals surface area contributed by atoms with Gasteiger partial charge in [0.1, 0.15) is 5.75 Å². The minimum absolute atomic E-state index is 0.121. The first-order valence-corrected chi connectivity index (χ1v) is 12.0. The molecule has 1 aromatic heterocycles. The molecule has 2 aliphatic rings. The molecule has 0 saturated heterocycles. The molecule has 1 fully saturated rings. The number of ether oxygens (including phenoxy) is 1. The number of rotatable bonds is 3. The summed E-state index contributed by atoms with van der Waals surface area (Å²) in [5.74, 6) is 0.481. The summed E-state index contributed by atoms with van der Waals surface area (Å²) in [4.78, 5) is 19.3. The standard InChI is InChI=1S/C26H35N3O5/c1-17(2)13-29-14-20(30)12-28-25(33)21-6-5-18(19-4-3-7-27-11-19)8-24(21)34-16-26(15-29)9-22(31)23(32)10-26/h3-8,11,17,20,22-23,30-32H,9-10,12-16H2,1-2H3,(H,28,33)/t20-,22-,23+,26?/m0/s1. The van der Waals surface area contributed by atoms with Crippen LogP contribution in [0.25, 0.3) is 11.1 Å². The van der Waals surface area contributed by atoms with Crippen LogP contribution in [0.15, 0.2) is 42.7 Å². The normalized spacial score (nSPS) is 28.6. The molecule has 184 valence electrons. The van der Waals surface area contributed by atoms with E-state index in [1.54, 1.807) is 18.5 Å². The molecule has 1 saturated carbocycles. The maximum Gasteiger partial charge on any atom is 0.255 e. The Balaban J connectivity index is 1.70. The first-order chi connectivity index (χ1) is 16.2. The largest absolute Gasteiger partial charge is 0.492 e.